The Morgan fingerprint density at radius 3 is 2.50 bits per heavy atom. The van der Waals surface area contributed by atoms with Gasteiger partial charge in [-0.2, -0.15) is 0 Å². The van der Waals surface area contributed by atoms with Crippen LogP contribution in [0.4, 0.5) is 5.13 Å². The first-order valence-electron chi connectivity index (χ1n) is 10.1. The molecule has 1 fully saturated rings. The summed E-state index contributed by atoms with van der Waals surface area (Å²) in [6, 6.07) is 16.9. The van der Waals surface area contributed by atoms with Gasteiger partial charge in [0.2, 0.25) is 5.13 Å². The highest BCUT2D eigenvalue weighted by atomic mass is 32.1. The third-order valence-electron chi connectivity index (χ3n) is 5.29. The number of hydrogen-bond donors (Lipinski definition) is 0. The summed E-state index contributed by atoms with van der Waals surface area (Å²) in [4.78, 5) is 9.21. The minimum Gasteiger partial charge on any atom is -0.494 e. The molecule has 3 nitrogen and oxygen atoms in total. The average Bonchev–Trinajstić information content (AvgIpc) is 3.23. The number of aromatic nitrogens is 1. The molecule has 3 aromatic rings. The zero-order valence-electron chi connectivity index (χ0n) is 16.3. The highest BCUT2D eigenvalue weighted by Gasteiger charge is 2.15. The molecule has 1 aliphatic carbocycles. The van der Waals surface area contributed by atoms with Crippen LogP contribution in [0, 0.1) is 0 Å². The van der Waals surface area contributed by atoms with E-state index in [1.807, 2.05) is 37.4 Å². The topological polar surface area (TPSA) is 34.5 Å². The van der Waals surface area contributed by atoms with Gasteiger partial charge in [0.25, 0.3) is 0 Å². The molecule has 0 amide bonds. The molecule has 4 rings (SSSR count). The molecular formula is C24H26N2OS. The average molecular weight is 391 g/mol. The maximum atomic E-state index is 5.47. The molecule has 2 aromatic carbocycles. The second-order valence-corrected chi connectivity index (χ2v) is 8.07. The van der Waals surface area contributed by atoms with Crippen molar-refractivity contribution in [3.63, 3.8) is 0 Å². The fourth-order valence-corrected chi connectivity index (χ4v) is 4.44. The van der Waals surface area contributed by atoms with E-state index in [1.54, 1.807) is 11.3 Å². The van der Waals surface area contributed by atoms with Gasteiger partial charge >= 0.3 is 0 Å². The Bertz CT molecular complexity index is 907. The van der Waals surface area contributed by atoms with Gasteiger partial charge in [-0.25, -0.2) is 9.98 Å². The van der Waals surface area contributed by atoms with E-state index in [0.29, 0.717) is 6.61 Å². The van der Waals surface area contributed by atoms with Crippen molar-refractivity contribution >= 4 is 22.7 Å². The maximum absolute atomic E-state index is 5.47. The van der Waals surface area contributed by atoms with Gasteiger partial charge in [-0.15, -0.1) is 11.3 Å². The molecule has 0 N–H and O–H groups in total. The third kappa shape index (κ3) is 4.68. The van der Waals surface area contributed by atoms with Gasteiger partial charge < -0.3 is 4.74 Å². The number of rotatable bonds is 6. The van der Waals surface area contributed by atoms with Crippen molar-refractivity contribution in [1.82, 2.24) is 4.98 Å². The summed E-state index contributed by atoms with van der Waals surface area (Å²) < 4.78 is 5.47. The van der Waals surface area contributed by atoms with Crippen LogP contribution in [0.25, 0.3) is 11.3 Å². The van der Waals surface area contributed by atoms with E-state index in [1.165, 1.54) is 43.2 Å². The van der Waals surface area contributed by atoms with Crippen molar-refractivity contribution in [2.75, 3.05) is 6.61 Å². The summed E-state index contributed by atoms with van der Waals surface area (Å²) in [5.41, 5.74) is 4.68. The summed E-state index contributed by atoms with van der Waals surface area (Å²) in [6.07, 6.45) is 8.65. The van der Waals surface area contributed by atoms with Crippen molar-refractivity contribution in [1.29, 1.82) is 0 Å². The predicted octanol–water partition coefficient (Wildman–Crippen LogP) is 7.01. The SMILES string of the molecule is CCOc1ccc(C=Nc2nc(-c3ccc(C4CCCCC4)cc3)cs2)cc1. The number of ether oxygens (including phenoxy) is 1. The monoisotopic (exact) mass is 390 g/mol. The molecule has 1 aliphatic rings. The minimum atomic E-state index is 0.678. The lowest BCUT2D eigenvalue weighted by molar-refractivity contribution is 0.340. The predicted molar refractivity (Wildman–Crippen MR) is 118 cm³/mol. The van der Waals surface area contributed by atoms with Crippen molar-refractivity contribution in [3.8, 4) is 17.0 Å². The number of benzene rings is 2. The Morgan fingerprint density at radius 1 is 1.04 bits per heavy atom. The molecule has 0 unspecified atom stereocenters. The molecule has 4 heteroatoms. The highest BCUT2D eigenvalue weighted by molar-refractivity contribution is 7.13. The lowest BCUT2D eigenvalue weighted by Gasteiger charge is -2.22. The second kappa shape index (κ2) is 9.16. The summed E-state index contributed by atoms with van der Waals surface area (Å²) in [7, 11) is 0. The van der Waals surface area contributed by atoms with Crippen molar-refractivity contribution in [2.24, 2.45) is 4.99 Å². The molecule has 144 valence electrons. The lowest BCUT2D eigenvalue weighted by atomic mass is 9.84. The van der Waals surface area contributed by atoms with Gasteiger partial charge in [0.1, 0.15) is 5.75 Å². The molecular weight excluding hydrogens is 364 g/mol. The summed E-state index contributed by atoms with van der Waals surface area (Å²) in [6.45, 7) is 2.66. The minimum absolute atomic E-state index is 0.678. The summed E-state index contributed by atoms with van der Waals surface area (Å²) in [5, 5.41) is 2.86. The molecule has 0 bridgehead atoms. The van der Waals surface area contributed by atoms with Gasteiger partial charge in [-0.1, -0.05) is 43.5 Å². The lowest BCUT2D eigenvalue weighted by Crippen LogP contribution is -2.04. The zero-order valence-corrected chi connectivity index (χ0v) is 17.1. The van der Waals surface area contributed by atoms with E-state index >= 15 is 0 Å². The normalized spacial score (nSPS) is 15.2. The van der Waals surface area contributed by atoms with Crippen LogP contribution in [-0.4, -0.2) is 17.8 Å². The first-order chi connectivity index (χ1) is 13.8. The molecule has 0 aliphatic heterocycles. The van der Waals surface area contributed by atoms with E-state index in [0.717, 1.165) is 28.1 Å². The van der Waals surface area contributed by atoms with Gasteiger partial charge in [-0.05, 0) is 61.1 Å². The molecule has 1 heterocycles. The molecule has 0 radical (unpaired) electrons. The molecule has 0 spiro atoms. The molecule has 1 aromatic heterocycles. The molecule has 0 saturated heterocycles. The van der Waals surface area contributed by atoms with Crippen molar-refractivity contribution < 1.29 is 4.74 Å². The summed E-state index contributed by atoms with van der Waals surface area (Å²) in [5.74, 6) is 1.63. The summed E-state index contributed by atoms with van der Waals surface area (Å²) >= 11 is 1.57. The molecule has 0 atom stereocenters. The Hall–Kier alpha value is -2.46. The first-order valence-corrected chi connectivity index (χ1v) is 11.0. The number of thiazole rings is 1. The van der Waals surface area contributed by atoms with Crippen LogP contribution in [0.1, 0.15) is 56.1 Å². The second-order valence-electron chi connectivity index (χ2n) is 7.23. The van der Waals surface area contributed by atoms with Crippen LogP contribution in [-0.2, 0) is 0 Å². The fourth-order valence-electron chi connectivity index (χ4n) is 3.76. The van der Waals surface area contributed by atoms with E-state index < -0.39 is 0 Å². The number of nitrogens with zero attached hydrogens (tertiary/aromatic N) is 2. The van der Waals surface area contributed by atoms with Crippen LogP contribution in [0.3, 0.4) is 0 Å². The Kier molecular flexibility index (Phi) is 6.17. The van der Waals surface area contributed by atoms with Crippen molar-refractivity contribution in [2.45, 2.75) is 44.9 Å². The standard InChI is InChI=1S/C24H26N2OS/c1-2-27-22-14-8-18(9-15-22)16-25-24-26-23(17-28-24)21-12-10-20(11-13-21)19-6-4-3-5-7-19/h8-17,19H,2-7H2,1H3. The zero-order chi connectivity index (χ0) is 19.2. The number of hydrogen-bond acceptors (Lipinski definition) is 4. The number of aliphatic imine (C=N–C) groups is 1. The maximum Gasteiger partial charge on any atom is 0.209 e. The van der Waals surface area contributed by atoms with Crippen LogP contribution in [0.15, 0.2) is 58.9 Å². The molecule has 1 saturated carbocycles. The van der Waals surface area contributed by atoms with E-state index in [-0.39, 0.29) is 0 Å². The van der Waals surface area contributed by atoms with Crippen LogP contribution in [0.5, 0.6) is 5.75 Å². The van der Waals surface area contributed by atoms with Gasteiger partial charge in [0, 0.05) is 17.2 Å². The van der Waals surface area contributed by atoms with E-state index in [4.69, 9.17) is 4.74 Å². The molecule has 28 heavy (non-hydrogen) atoms. The van der Waals surface area contributed by atoms with Crippen molar-refractivity contribution in [3.05, 3.63) is 65.0 Å². The Labute approximate surface area is 171 Å². The van der Waals surface area contributed by atoms with E-state index in [9.17, 15) is 0 Å². The quantitative estimate of drug-likeness (QED) is 0.424. The van der Waals surface area contributed by atoms with E-state index in [2.05, 4.69) is 39.6 Å². The Morgan fingerprint density at radius 2 is 1.79 bits per heavy atom. The third-order valence-corrected chi connectivity index (χ3v) is 6.04. The van der Waals surface area contributed by atoms with Crippen LogP contribution in [0.2, 0.25) is 0 Å². The highest BCUT2D eigenvalue weighted by Crippen LogP contribution is 2.34. The largest absolute Gasteiger partial charge is 0.494 e. The van der Waals surface area contributed by atoms with Crippen LogP contribution >= 0.6 is 11.3 Å². The van der Waals surface area contributed by atoms with Gasteiger partial charge in [-0.3, -0.25) is 0 Å². The van der Waals surface area contributed by atoms with Gasteiger partial charge in [0.05, 0.1) is 12.3 Å². The first kappa shape index (κ1) is 18.9. The smallest absolute Gasteiger partial charge is 0.209 e. The Balaban J connectivity index is 1.42. The van der Waals surface area contributed by atoms with Gasteiger partial charge in [0.15, 0.2) is 0 Å². The fraction of sp³-hybridized carbons (Fsp3) is 0.333. The van der Waals surface area contributed by atoms with Crippen LogP contribution < -0.4 is 4.74 Å².